The van der Waals surface area contributed by atoms with Crippen LogP contribution in [0.1, 0.15) is 36.5 Å². The van der Waals surface area contributed by atoms with Crippen molar-refractivity contribution in [3.8, 4) is 5.75 Å². The molecule has 220 valence electrons. The molecule has 0 fully saturated rings. The third kappa shape index (κ3) is 8.78. The number of methoxy groups -OCH3 is 1. The minimum atomic E-state index is -3.97. The van der Waals surface area contributed by atoms with Gasteiger partial charge in [0.05, 0.1) is 19.1 Å². The van der Waals surface area contributed by atoms with E-state index in [0.717, 1.165) is 34.5 Å². The number of carbonyl (C=O) groups is 2. The van der Waals surface area contributed by atoms with Crippen LogP contribution < -0.4 is 14.4 Å². The Morgan fingerprint density at radius 2 is 1.71 bits per heavy atom. The summed E-state index contributed by atoms with van der Waals surface area (Å²) >= 11 is 0. The number of benzene rings is 3. The van der Waals surface area contributed by atoms with Crippen LogP contribution in [0.25, 0.3) is 0 Å². The summed E-state index contributed by atoms with van der Waals surface area (Å²) in [6.45, 7) is 3.37. The fraction of sp³-hybridized carbons (Fsp3) is 0.355. The van der Waals surface area contributed by atoms with Crippen LogP contribution >= 0.6 is 0 Å². The highest BCUT2D eigenvalue weighted by Gasteiger charge is 2.34. The summed E-state index contributed by atoms with van der Waals surface area (Å²) < 4.78 is 47.2. The molecule has 1 N–H and O–H groups in total. The van der Waals surface area contributed by atoms with Crippen LogP contribution in [0.15, 0.2) is 72.8 Å². The van der Waals surface area contributed by atoms with E-state index in [0.29, 0.717) is 6.54 Å². The molecule has 10 heteroatoms. The Morgan fingerprint density at radius 1 is 1.02 bits per heavy atom. The molecular weight excluding hydrogens is 545 g/mol. The fourth-order valence-electron chi connectivity index (χ4n) is 4.46. The number of nitrogens with one attached hydrogen (secondary N) is 1. The van der Waals surface area contributed by atoms with Gasteiger partial charge in [-0.25, -0.2) is 12.8 Å². The number of sulfonamides is 1. The smallest absolute Gasteiger partial charge is 0.244 e. The van der Waals surface area contributed by atoms with Gasteiger partial charge in [0.15, 0.2) is 0 Å². The Morgan fingerprint density at radius 3 is 2.34 bits per heavy atom. The maximum atomic E-state index is 14.9. The summed E-state index contributed by atoms with van der Waals surface area (Å²) in [4.78, 5) is 29.0. The van der Waals surface area contributed by atoms with Crippen molar-refractivity contribution in [1.29, 1.82) is 0 Å². The molecule has 0 aliphatic rings. The molecule has 3 aromatic carbocycles. The number of anilines is 1. The monoisotopic (exact) mass is 583 g/mol. The number of aryl methyl sites for hydroxylation is 1. The van der Waals surface area contributed by atoms with E-state index >= 15 is 0 Å². The third-order valence-electron chi connectivity index (χ3n) is 6.68. The van der Waals surface area contributed by atoms with Gasteiger partial charge in [0.25, 0.3) is 0 Å². The lowest BCUT2D eigenvalue weighted by atomic mass is 10.0. The second-order valence-electron chi connectivity index (χ2n) is 9.91. The zero-order valence-corrected chi connectivity index (χ0v) is 24.8. The van der Waals surface area contributed by atoms with E-state index in [9.17, 15) is 22.4 Å². The number of ether oxygens (including phenoxy) is 1. The summed E-state index contributed by atoms with van der Waals surface area (Å²) in [7, 11) is -2.55. The van der Waals surface area contributed by atoms with Crippen molar-refractivity contribution in [3.63, 3.8) is 0 Å². The standard InChI is InChI=1S/C31H38FN3O5S/c1-5-6-18-33-31(37)28(20-24-12-8-7-9-13-24)34(21-25-14-10-11-15-26(25)32)30(36)22-35(41(4,38)39)27-19-23(2)16-17-29(27)40-3/h7-17,19,28H,5-6,18,20-22H2,1-4H3,(H,33,37). The molecule has 0 radical (unpaired) electrons. The van der Waals surface area contributed by atoms with Gasteiger partial charge in [-0.2, -0.15) is 0 Å². The molecule has 0 saturated heterocycles. The molecular formula is C31H38FN3O5S. The zero-order chi connectivity index (χ0) is 30.0. The molecule has 8 nitrogen and oxygen atoms in total. The average molecular weight is 584 g/mol. The highest BCUT2D eigenvalue weighted by Crippen LogP contribution is 2.31. The summed E-state index contributed by atoms with van der Waals surface area (Å²) in [5.41, 5.74) is 1.97. The van der Waals surface area contributed by atoms with Gasteiger partial charge < -0.3 is 15.0 Å². The number of carbonyl (C=O) groups excluding carboxylic acids is 2. The molecule has 1 unspecified atom stereocenters. The van der Waals surface area contributed by atoms with Crippen LogP contribution in [-0.4, -0.2) is 57.6 Å². The molecule has 3 rings (SSSR count). The molecule has 41 heavy (non-hydrogen) atoms. The van der Waals surface area contributed by atoms with E-state index in [4.69, 9.17) is 4.74 Å². The molecule has 0 aromatic heterocycles. The first-order valence-electron chi connectivity index (χ1n) is 13.5. The maximum Gasteiger partial charge on any atom is 0.244 e. The van der Waals surface area contributed by atoms with Gasteiger partial charge in [-0.1, -0.05) is 67.9 Å². The Bertz CT molecular complexity index is 1430. The number of hydrogen-bond acceptors (Lipinski definition) is 5. The average Bonchev–Trinajstić information content (AvgIpc) is 2.94. The van der Waals surface area contributed by atoms with Crippen LogP contribution in [0.5, 0.6) is 5.75 Å². The second-order valence-corrected chi connectivity index (χ2v) is 11.8. The van der Waals surface area contributed by atoms with E-state index in [-0.39, 0.29) is 30.0 Å². The second kappa shape index (κ2) is 14.6. The molecule has 0 spiro atoms. The van der Waals surface area contributed by atoms with Gasteiger partial charge in [-0.05, 0) is 42.7 Å². The Labute approximate surface area is 242 Å². The predicted molar refractivity (Wildman–Crippen MR) is 159 cm³/mol. The van der Waals surface area contributed by atoms with E-state index < -0.39 is 40.2 Å². The minimum absolute atomic E-state index is 0.158. The maximum absolute atomic E-state index is 14.9. The number of hydrogen-bond donors (Lipinski definition) is 1. The van der Waals surface area contributed by atoms with Gasteiger partial charge in [-0.15, -0.1) is 0 Å². The van der Waals surface area contributed by atoms with Gasteiger partial charge >= 0.3 is 0 Å². The topological polar surface area (TPSA) is 96.0 Å². The normalized spacial score (nSPS) is 11.9. The first kappa shape index (κ1) is 31.6. The lowest BCUT2D eigenvalue weighted by Crippen LogP contribution is -2.53. The minimum Gasteiger partial charge on any atom is -0.495 e. The van der Waals surface area contributed by atoms with Crippen LogP contribution in [0.2, 0.25) is 0 Å². The highest BCUT2D eigenvalue weighted by molar-refractivity contribution is 7.92. The number of amides is 2. The van der Waals surface area contributed by atoms with Crippen molar-refractivity contribution in [2.45, 2.75) is 45.7 Å². The molecule has 0 saturated carbocycles. The molecule has 2 amide bonds. The van der Waals surface area contributed by atoms with Crippen LogP contribution in [0, 0.1) is 12.7 Å². The highest BCUT2D eigenvalue weighted by atomic mass is 32.2. The van der Waals surface area contributed by atoms with Crippen LogP contribution in [0.4, 0.5) is 10.1 Å². The van der Waals surface area contributed by atoms with Crippen molar-refractivity contribution >= 4 is 27.5 Å². The van der Waals surface area contributed by atoms with Gasteiger partial charge in [0.1, 0.15) is 24.2 Å². The number of halogens is 1. The molecule has 3 aromatic rings. The van der Waals surface area contributed by atoms with Crippen LogP contribution in [0.3, 0.4) is 0 Å². The summed E-state index contributed by atoms with van der Waals surface area (Å²) in [6, 6.07) is 19.2. The molecule has 0 bridgehead atoms. The summed E-state index contributed by atoms with van der Waals surface area (Å²) in [5, 5.41) is 2.90. The fourth-order valence-corrected chi connectivity index (χ4v) is 5.30. The molecule has 1 atom stereocenters. The Hall–Kier alpha value is -3.92. The largest absolute Gasteiger partial charge is 0.495 e. The van der Waals surface area contributed by atoms with E-state index in [2.05, 4.69) is 5.32 Å². The van der Waals surface area contributed by atoms with Gasteiger partial charge in [0.2, 0.25) is 21.8 Å². The van der Waals surface area contributed by atoms with E-state index in [1.54, 1.807) is 43.3 Å². The van der Waals surface area contributed by atoms with Crippen molar-refractivity contribution in [2.75, 3.05) is 30.8 Å². The number of rotatable bonds is 14. The lowest BCUT2D eigenvalue weighted by molar-refractivity contribution is -0.140. The summed E-state index contributed by atoms with van der Waals surface area (Å²) in [6.07, 6.45) is 2.77. The van der Waals surface area contributed by atoms with Crippen molar-refractivity contribution in [1.82, 2.24) is 10.2 Å². The SMILES string of the molecule is CCCCNC(=O)C(Cc1ccccc1)N(Cc1ccccc1F)C(=O)CN(c1cc(C)ccc1OC)S(C)(=O)=O. The molecule has 0 aliphatic heterocycles. The first-order chi connectivity index (χ1) is 19.5. The van der Waals surface area contributed by atoms with Crippen molar-refractivity contribution < 1.29 is 27.1 Å². The predicted octanol–water partition coefficient (Wildman–Crippen LogP) is 4.47. The Kier molecular flexibility index (Phi) is 11.3. The van der Waals surface area contributed by atoms with Crippen LogP contribution in [-0.2, 0) is 32.6 Å². The molecule has 0 heterocycles. The third-order valence-corrected chi connectivity index (χ3v) is 7.81. The number of nitrogens with zero attached hydrogens (tertiary/aromatic N) is 2. The van der Waals surface area contributed by atoms with Gasteiger partial charge in [0, 0.05) is 25.1 Å². The Balaban J connectivity index is 2.09. The van der Waals surface area contributed by atoms with Crippen molar-refractivity contribution in [3.05, 3.63) is 95.3 Å². The molecule has 0 aliphatic carbocycles. The van der Waals surface area contributed by atoms with Crippen molar-refractivity contribution in [2.24, 2.45) is 0 Å². The number of unbranched alkanes of at least 4 members (excludes halogenated alkanes) is 1. The van der Waals surface area contributed by atoms with E-state index in [1.165, 1.54) is 18.1 Å². The quantitative estimate of drug-likeness (QED) is 0.283. The summed E-state index contributed by atoms with van der Waals surface area (Å²) in [5.74, 6) is -1.32. The van der Waals surface area contributed by atoms with E-state index in [1.807, 2.05) is 37.3 Å². The zero-order valence-electron chi connectivity index (χ0n) is 24.0. The first-order valence-corrected chi connectivity index (χ1v) is 15.4. The van der Waals surface area contributed by atoms with Gasteiger partial charge in [-0.3, -0.25) is 13.9 Å². The lowest BCUT2D eigenvalue weighted by Gasteiger charge is -2.34.